The smallest absolute Gasteiger partial charge is 0.258 e. The lowest BCUT2D eigenvalue weighted by Gasteiger charge is -2.70. The third-order valence-corrected chi connectivity index (χ3v) is 5.97. The molecule has 1 aromatic heterocycles. The molecule has 3 aliphatic carbocycles. The third-order valence-electron chi connectivity index (χ3n) is 5.39. The average molecular weight is 426 g/mol. The first-order chi connectivity index (χ1) is 13.2. The lowest BCUT2D eigenvalue weighted by molar-refractivity contribution is -0.164. The standard InChI is InChI=1S/C19H18Cl2FN3O3/c1-25-6-13(21)17(24-25)15(26)5-18-8-19(9-18,10-18)23-16(27)7-28-11-2-3-12(20)14(22)4-11/h2-4,6H,5,7-10H2,1H3,(H,23,27). The van der Waals surface area contributed by atoms with Gasteiger partial charge in [0.1, 0.15) is 17.3 Å². The fourth-order valence-electron chi connectivity index (χ4n) is 4.44. The molecule has 0 radical (unpaired) electrons. The number of ketones is 1. The van der Waals surface area contributed by atoms with Crippen molar-refractivity contribution in [3.8, 4) is 5.75 Å². The van der Waals surface area contributed by atoms with Crippen LogP contribution in [0.2, 0.25) is 10.0 Å². The summed E-state index contributed by atoms with van der Waals surface area (Å²) < 4.78 is 20.2. The average Bonchev–Trinajstić information content (AvgIpc) is 2.91. The van der Waals surface area contributed by atoms with Crippen LogP contribution in [0.4, 0.5) is 4.39 Å². The summed E-state index contributed by atoms with van der Waals surface area (Å²) in [4.78, 5) is 24.6. The van der Waals surface area contributed by atoms with E-state index in [0.717, 1.165) is 25.3 Å². The maximum atomic E-state index is 13.4. The summed E-state index contributed by atoms with van der Waals surface area (Å²) in [7, 11) is 1.72. The van der Waals surface area contributed by atoms with Crippen LogP contribution < -0.4 is 10.1 Å². The van der Waals surface area contributed by atoms with Gasteiger partial charge >= 0.3 is 0 Å². The van der Waals surface area contributed by atoms with Crippen LogP contribution in [0.5, 0.6) is 5.75 Å². The second kappa shape index (κ2) is 6.74. The fourth-order valence-corrected chi connectivity index (χ4v) is 4.84. The van der Waals surface area contributed by atoms with Gasteiger partial charge < -0.3 is 10.1 Å². The van der Waals surface area contributed by atoms with Crippen molar-refractivity contribution < 1.29 is 18.7 Å². The van der Waals surface area contributed by atoms with Crippen LogP contribution in [0.15, 0.2) is 24.4 Å². The quantitative estimate of drug-likeness (QED) is 0.688. The molecule has 2 bridgehead atoms. The van der Waals surface area contributed by atoms with Gasteiger partial charge in [-0.2, -0.15) is 5.10 Å². The minimum Gasteiger partial charge on any atom is -0.484 e. The fraction of sp³-hybridized carbons (Fsp3) is 0.421. The van der Waals surface area contributed by atoms with E-state index in [0.29, 0.717) is 17.1 Å². The Morgan fingerprint density at radius 3 is 2.61 bits per heavy atom. The first kappa shape index (κ1) is 19.2. The first-order valence-corrected chi connectivity index (χ1v) is 9.56. The van der Waals surface area contributed by atoms with E-state index in [4.69, 9.17) is 27.9 Å². The summed E-state index contributed by atoms with van der Waals surface area (Å²) in [5, 5.41) is 7.44. The Balaban J connectivity index is 1.25. The number of Topliss-reactive ketones (excluding diaryl/α,β-unsaturated/α-hetero) is 1. The molecule has 5 rings (SSSR count). The Hall–Kier alpha value is -2.12. The summed E-state index contributed by atoms with van der Waals surface area (Å²) in [5.41, 5.74) is -0.0405. The van der Waals surface area contributed by atoms with Gasteiger partial charge in [-0.15, -0.1) is 0 Å². The van der Waals surface area contributed by atoms with Gasteiger partial charge in [-0.1, -0.05) is 23.2 Å². The summed E-state index contributed by atoms with van der Waals surface area (Å²) >= 11 is 11.7. The Labute approximate surface area is 170 Å². The van der Waals surface area contributed by atoms with Crippen LogP contribution in [0, 0.1) is 11.2 Å². The maximum Gasteiger partial charge on any atom is 0.258 e. The number of halogens is 3. The van der Waals surface area contributed by atoms with E-state index < -0.39 is 5.82 Å². The Morgan fingerprint density at radius 2 is 2.00 bits per heavy atom. The summed E-state index contributed by atoms with van der Waals surface area (Å²) in [5.74, 6) is -0.705. The van der Waals surface area contributed by atoms with Gasteiger partial charge in [-0.25, -0.2) is 4.39 Å². The summed E-state index contributed by atoms with van der Waals surface area (Å²) in [6, 6.07) is 4.02. The Morgan fingerprint density at radius 1 is 1.29 bits per heavy atom. The maximum absolute atomic E-state index is 13.4. The van der Waals surface area contributed by atoms with E-state index >= 15 is 0 Å². The number of aromatic nitrogens is 2. The van der Waals surface area contributed by atoms with Crippen LogP contribution in [-0.4, -0.2) is 33.6 Å². The molecular weight excluding hydrogens is 408 g/mol. The number of carbonyl (C=O) groups excluding carboxylic acids is 2. The molecular formula is C19H18Cl2FN3O3. The first-order valence-electron chi connectivity index (χ1n) is 8.81. The van der Waals surface area contributed by atoms with E-state index in [1.807, 2.05) is 0 Å². The molecule has 9 heteroatoms. The topological polar surface area (TPSA) is 73.2 Å². The zero-order valence-electron chi connectivity index (χ0n) is 15.1. The predicted octanol–water partition coefficient (Wildman–Crippen LogP) is 3.56. The number of hydrogen-bond donors (Lipinski definition) is 1. The lowest BCUT2D eigenvalue weighted by atomic mass is 9.38. The zero-order chi connectivity index (χ0) is 20.1. The predicted molar refractivity (Wildman–Crippen MR) is 101 cm³/mol. The largest absolute Gasteiger partial charge is 0.484 e. The highest BCUT2D eigenvalue weighted by molar-refractivity contribution is 6.33. The molecule has 6 nitrogen and oxygen atoms in total. The monoisotopic (exact) mass is 425 g/mol. The molecule has 3 fully saturated rings. The van der Waals surface area contributed by atoms with Gasteiger partial charge in [-0.3, -0.25) is 14.3 Å². The van der Waals surface area contributed by atoms with Crippen LogP contribution in [0.1, 0.15) is 36.2 Å². The van der Waals surface area contributed by atoms with Gasteiger partial charge in [-0.05, 0) is 36.8 Å². The second-order valence-corrected chi connectivity index (χ2v) is 8.64. The van der Waals surface area contributed by atoms with Gasteiger partial charge in [0.05, 0.1) is 10.0 Å². The molecule has 0 spiro atoms. The lowest BCUT2D eigenvalue weighted by Crippen LogP contribution is -2.75. The highest BCUT2D eigenvalue weighted by Gasteiger charge is 2.68. The van der Waals surface area contributed by atoms with Crippen LogP contribution >= 0.6 is 23.2 Å². The highest BCUT2D eigenvalue weighted by Crippen LogP contribution is 2.69. The van der Waals surface area contributed by atoms with Gasteiger partial charge in [0.2, 0.25) is 0 Å². The number of carbonyl (C=O) groups is 2. The summed E-state index contributed by atoms with van der Waals surface area (Å²) in [6.07, 6.45) is 4.22. The molecule has 0 aliphatic heterocycles. The molecule has 1 aromatic carbocycles. The van der Waals surface area contributed by atoms with E-state index in [1.165, 1.54) is 16.8 Å². The molecule has 0 atom stereocenters. The van der Waals surface area contributed by atoms with E-state index in [1.54, 1.807) is 13.2 Å². The third kappa shape index (κ3) is 3.49. The molecule has 0 unspecified atom stereocenters. The number of benzene rings is 1. The normalized spacial score (nSPS) is 24.9. The number of amides is 1. The highest BCUT2D eigenvalue weighted by atomic mass is 35.5. The van der Waals surface area contributed by atoms with Gasteiger partial charge in [0, 0.05) is 31.3 Å². The van der Waals surface area contributed by atoms with Crippen LogP contribution in [0.25, 0.3) is 0 Å². The molecule has 28 heavy (non-hydrogen) atoms. The minimum absolute atomic E-state index is 0.00231. The molecule has 3 saturated carbocycles. The van der Waals surface area contributed by atoms with Crippen molar-refractivity contribution in [2.45, 2.75) is 31.2 Å². The number of rotatable bonds is 7. The molecule has 148 valence electrons. The van der Waals surface area contributed by atoms with Crippen molar-refractivity contribution in [1.82, 2.24) is 15.1 Å². The zero-order valence-corrected chi connectivity index (χ0v) is 16.6. The van der Waals surface area contributed by atoms with Crippen LogP contribution in [0.3, 0.4) is 0 Å². The van der Waals surface area contributed by atoms with Crippen molar-refractivity contribution >= 4 is 34.9 Å². The Kier molecular flexibility index (Phi) is 4.62. The van der Waals surface area contributed by atoms with Gasteiger partial charge in [0.25, 0.3) is 5.91 Å². The molecule has 2 aromatic rings. The van der Waals surface area contributed by atoms with E-state index in [-0.39, 0.29) is 40.0 Å². The Bertz CT molecular complexity index is 956. The molecule has 1 amide bonds. The van der Waals surface area contributed by atoms with Crippen molar-refractivity contribution in [3.05, 3.63) is 46.0 Å². The summed E-state index contributed by atoms with van der Waals surface area (Å²) in [6.45, 7) is -0.210. The number of aryl methyl sites for hydroxylation is 1. The molecule has 1 heterocycles. The second-order valence-electron chi connectivity index (χ2n) is 7.82. The van der Waals surface area contributed by atoms with Crippen molar-refractivity contribution in [2.24, 2.45) is 12.5 Å². The number of nitrogens with one attached hydrogen (secondary N) is 1. The minimum atomic E-state index is -0.599. The number of nitrogens with zero attached hydrogens (tertiary/aromatic N) is 2. The van der Waals surface area contributed by atoms with E-state index in [2.05, 4.69) is 10.4 Å². The van der Waals surface area contributed by atoms with E-state index in [9.17, 15) is 14.0 Å². The SMILES string of the molecule is Cn1cc(Cl)c(C(=O)CC23CC(NC(=O)COc4ccc(Cl)c(F)c4)(C2)C3)n1. The molecule has 3 aliphatic rings. The number of ether oxygens (including phenoxy) is 1. The van der Waals surface area contributed by atoms with Crippen LogP contribution in [-0.2, 0) is 11.8 Å². The number of hydrogen-bond acceptors (Lipinski definition) is 4. The van der Waals surface area contributed by atoms with Crippen molar-refractivity contribution in [1.29, 1.82) is 0 Å². The molecule has 0 saturated heterocycles. The van der Waals surface area contributed by atoms with Gasteiger partial charge in [0.15, 0.2) is 12.4 Å². The molecule has 1 N–H and O–H groups in total. The van der Waals surface area contributed by atoms with Crippen molar-refractivity contribution in [3.63, 3.8) is 0 Å². The van der Waals surface area contributed by atoms with Crippen molar-refractivity contribution in [2.75, 3.05) is 6.61 Å².